The van der Waals surface area contributed by atoms with Crippen LogP contribution in [0.1, 0.15) is 26.2 Å². The number of rotatable bonds is 2. The summed E-state index contributed by atoms with van der Waals surface area (Å²) in [6.45, 7) is 3.12. The summed E-state index contributed by atoms with van der Waals surface area (Å²) in [6, 6.07) is 5.48. The lowest BCUT2D eigenvalue weighted by Gasteiger charge is -2.25. The SMILES string of the molecule is CCC1=N[C@@]2(CC[C@@H]3CN(C(=O)Nc4ccc(F)cc4)C[C@@H]32)C(=O)N1. The Bertz CT molecular complexity index is 748. The first kappa shape index (κ1) is 16.1. The molecular formula is C18H21FN4O2. The van der Waals surface area contributed by atoms with E-state index in [2.05, 4.69) is 10.6 Å². The molecule has 2 N–H and O–H groups in total. The minimum Gasteiger partial charge on any atom is -0.324 e. The maximum atomic E-state index is 13.0. The van der Waals surface area contributed by atoms with Crippen LogP contribution in [0, 0.1) is 17.7 Å². The maximum Gasteiger partial charge on any atom is 0.321 e. The zero-order valence-electron chi connectivity index (χ0n) is 14.1. The molecule has 0 radical (unpaired) electrons. The number of amides is 3. The molecule has 1 aliphatic carbocycles. The highest BCUT2D eigenvalue weighted by atomic mass is 19.1. The number of nitrogens with zero attached hydrogens (tertiary/aromatic N) is 2. The summed E-state index contributed by atoms with van der Waals surface area (Å²) in [5.41, 5.74) is -0.135. The van der Waals surface area contributed by atoms with Crippen molar-refractivity contribution in [3.63, 3.8) is 0 Å². The lowest BCUT2D eigenvalue weighted by molar-refractivity contribution is -0.124. The summed E-state index contributed by atoms with van der Waals surface area (Å²) >= 11 is 0. The van der Waals surface area contributed by atoms with E-state index in [0.29, 0.717) is 31.1 Å². The normalized spacial score (nSPS) is 30.4. The molecule has 1 saturated heterocycles. The van der Waals surface area contributed by atoms with Gasteiger partial charge in [0, 0.05) is 31.1 Å². The van der Waals surface area contributed by atoms with E-state index in [4.69, 9.17) is 4.99 Å². The number of aliphatic imine (C=N–C) groups is 1. The van der Waals surface area contributed by atoms with E-state index in [1.165, 1.54) is 24.3 Å². The predicted molar refractivity (Wildman–Crippen MR) is 91.8 cm³/mol. The average Bonchev–Trinajstić information content (AvgIpc) is 3.25. The van der Waals surface area contributed by atoms with Gasteiger partial charge in [0.05, 0.1) is 0 Å². The molecule has 6 nitrogen and oxygen atoms in total. The molecule has 132 valence electrons. The lowest BCUT2D eigenvalue weighted by atomic mass is 9.85. The topological polar surface area (TPSA) is 73.8 Å². The molecule has 2 heterocycles. The highest BCUT2D eigenvalue weighted by Gasteiger charge is 2.59. The molecule has 3 aliphatic rings. The number of amidine groups is 1. The molecule has 3 amide bonds. The number of likely N-dealkylation sites (tertiary alicyclic amines) is 1. The second-order valence-electron chi connectivity index (χ2n) is 7.04. The summed E-state index contributed by atoms with van der Waals surface area (Å²) in [5, 5.41) is 5.69. The molecule has 1 aromatic rings. The van der Waals surface area contributed by atoms with Gasteiger partial charge in [-0.15, -0.1) is 0 Å². The molecule has 2 aliphatic heterocycles. The second-order valence-corrected chi connectivity index (χ2v) is 7.04. The molecule has 0 unspecified atom stereocenters. The van der Waals surface area contributed by atoms with E-state index in [0.717, 1.165) is 18.7 Å². The van der Waals surface area contributed by atoms with Crippen LogP contribution in [0.15, 0.2) is 29.3 Å². The Labute approximate surface area is 145 Å². The number of hydrogen-bond acceptors (Lipinski definition) is 3. The Morgan fingerprint density at radius 3 is 2.84 bits per heavy atom. The van der Waals surface area contributed by atoms with Crippen LogP contribution in [0.4, 0.5) is 14.9 Å². The second kappa shape index (κ2) is 5.82. The quantitative estimate of drug-likeness (QED) is 0.864. The van der Waals surface area contributed by atoms with Crippen LogP contribution in [-0.2, 0) is 4.79 Å². The molecule has 1 spiro atoms. The van der Waals surface area contributed by atoms with Gasteiger partial charge in [0.2, 0.25) is 0 Å². The third-order valence-corrected chi connectivity index (χ3v) is 5.65. The third kappa shape index (κ3) is 2.58. The zero-order chi connectivity index (χ0) is 17.6. The van der Waals surface area contributed by atoms with Crippen molar-refractivity contribution in [3.8, 4) is 0 Å². The van der Waals surface area contributed by atoms with Gasteiger partial charge in [-0.25, -0.2) is 9.18 Å². The molecule has 25 heavy (non-hydrogen) atoms. The van der Waals surface area contributed by atoms with E-state index >= 15 is 0 Å². The molecule has 1 aromatic carbocycles. The van der Waals surface area contributed by atoms with Crippen molar-refractivity contribution in [1.82, 2.24) is 10.2 Å². The Hall–Kier alpha value is -2.44. The van der Waals surface area contributed by atoms with Gasteiger partial charge in [-0.3, -0.25) is 9.79 Å². The summed E-state index contributed by atoms with van der Waals surface area (Å²) in [6.07, 6.45) is 2.36. The van der Waals surface area contributed by atoms with E-state index in [-0.39, 0.29) is 23.7 Å². The smallest absolute Gasteiger partial charge is 0.321 e. The number of hydrogen-bond donors (Lipinski definition) is 2. The number of anilines is 1. The van der Waals surface area contributed by atoms with Crippen LogP contribution < -0.4 is 10.6 Å². The van der Waals surface area contributed by atoms with Gasteiger partial charge in [-0.1, -0.05) is 6.92 Å². The molecule has 7 heteroatoms. The standard InChI is InChI=1S/C18H21FN4O2/c1-2-15-21-16(24)18(22-15)8-7-11-9-23(10-14(11)18)17(25)20-13-5-3-12(19)4-6-13/h3-6,11,14H,2,7-10H2,1H3,(H,20,25)(H,21,22,24)/t11-,14+,18-/m1/s1. The van der Waals surface area contributed by atoms with Crippen molar-refractivity contribution >= 4 is 23.5 Å². The summed E-state index contributed by atoms with van der Waals surface area (Å²) in [5.74, 6) is 0.755. The first-order valence-electron chi connectivity index (χ1n) is 8.73. The Morgan fingerprint density at radius 1 is 1.40 bits per heavy atom. The fourth-order valence-electron chi connectivity index (χ4n) is 4.34. The zero-order valence-corrected chi connectivity index (χ0v) is 14.1. The monoisotopic (exact) mass is 344 g/mol. The van der Waals surface area contributed by atoms with Crippen LogP contribution in [0.2, 0.25) is 0 Å². The molecule has 1 saturated carbocycles. The number of carbonyl (C=O) groups is 2. The number of nitrogens with one attached hydrogen (secondary N) is 2. The van der Waals surface area contributed by atoms with E-state index in [9.17, 15) is 14.0 Å². The van der Waals surface area contributed by atoms with Gasteiger partial charge < -0.3 is 15.5 Å². The number of halogens is 1. The van der Waals surface area contributed by atoms with Gasteiger partial charge in [0.25, 0.3) is 5.91 Å². The van der Waals surface area contributed by atoms with Crippen molar-refractivity contribution in [2.45, 2.75) is 31.7 Å². The highest BCUT2D eigenvalue weighted by Crippen LogP contribution is 2.48. The molecular weight excluding hydrogens is 323 g/mol. The van der Waals surface area contributed by atoms with Crippen molar-refractivity contribution in [2.75, 3.05) is 18.4 Å². The van der Waals surface area contributed by atoms with Crippen LogP contribution >= 0.6 is 0 Å². The minimum atomic E-state index is -0.694. The molecule has 3 atom stereocenters. The van der Waals surface area contributed by atoms with Crippen molar-refractivity contribution in [3.05, 3.63) is 30.1 Å². The van der Waals surface area contributed by atoms with Gasteiger partial charge in [-0.2, -0.15) is 0 Å². The first-order valence-corrected chi connectivity index (χ1v) is 8.73. The van der Waals surface area contributed by atoms with Crippen molar-refractivity contribution in [1.29, 1.82) is 0 Å². The van der Waals surface area contributed by atoms with Crippen molar-refractivity contribution in [2.24, 2.45) is 16.8 Å². The van der Waals surface area contributed by atoms with Gasteiger partial charge in [0.1, 0.15) is 17.2 Å². The third-order valence-electron chi connectivity index (χ3n) is 5.65. The molecule has 0 aromatic heterocycles. The van der Waals surface area contributed by atoms with E-state index in [1.807, 2.05) is 6.92 Å². The lowest BCUT2D eigenvalue weighted by Crippen LogP contribution is -2.45. The number of carbonyl (C=O) groups excluding carboxylic acids is 2. The van der Waals surface area contributed by atoms with Crippen molar-refractivity contribution < 1.29 is 14.0 Å². The number of fused-ring (bicyclic) bond motifs is 2. The Balaban J connectivity index is 1.48. The number of urea groups is 1. The molecule has 4 rings (SSSR count). The largest absolute Gasteiger partial charge is 0.324 e. The highest BCUT2D eigenvalue weighted by molar-refractivity contribution is 6.08. The predicted octanol–water partition coefficient (Wildman–Crippen LogP) is 2.38. The Kier molecular flexibility index (Phi) is 3.74. The fourth-order valence-corrected chi connectivity index (χ4v) is 4.34. The van der Waals surface area contributed by atoms with Gasteiger partial charge in [-0.05, 0) is 43.0 Å². The van der Waals surface area contributed by atoms with Gasteiger partial charge in [0.15, 0.2) is 0 Å². The van der Waals surface area contributed by atoms with Crippen LogP contribution in [0.25, 0.3) is 0 Å². The van der Waals surface area contributed by atoms with E-state index < -0.39 is 5.54 Å². The Morgan fingerprint density at radius 2 is 2.16 bits per heavy atom. The summed E-state index contributed by atoms with van der Waals surface area (Å²) in [7, 11) is 0. The summed E-state index contributed by atoms with van der Waals surface area (Å²) < 4.78 is 13.0. The van der Waals surface area contributed by atoms with Crippen LogP contribution in [0.3, 0.4) is 0 Å². The summed E-state index contributed by atoms with van der Waals surface area (Å²) in [4.78, 5) is 31.5. The van der Waals surface area contributed by atoms with Crippen LogP contribution in [0.5, 0.6) is 0 Å². The number of benzene rings is 1. The van der Waals surface area contributed by atoms with Crippen LogP contribution in [-0.4, -0.2) is 41.3 Å². The maximum absolute atomic E-state index is 13.0. The average molecular weight is 344 g/mol. The van der Waals surface area contributed by atoms with Gasteiger partial charge >= 0.3 is 6.03 Å². The first-order chi connectivity index (χ1) is 12.0. The minimum absolute atomic E-state index is 0.0161. The van der Waals surface area contributed by atoms with E-state index in [1.54, 1.807) is 4.90 Å². The molecule has 0 bridgehead atoms. The fraction of sp³-hybridized carbons (Fsp3) is 0.500. The molecule has 2 fully saturated rings.